The molecule has 24 heavy (non-hydrogen) atoms. The smallest absolute Gasteiger partial charge is 0.257 e. The van der Waals surface area contributed by atoms with Gasteiger partial charge in [0.15, 0.2) is 0 Å². The Hall–Kier alpha value is -2.51. The number of carbonyl (C=O) groups excluding carboxylic acids is 3. The first-order valence-corrected chi connectivity index (χ1v) is 8.11. The van der Waals surface area contributed by atoms with Gasteiger partial charge in [0, 0.05) is 51.4 Å². The van der Waals surface area contributed by atoms with Gasteiger partial charge in [-0.3, -0.25) is 14.4 Å². The van der Waals surface area contributed by atoms with Gasteiger partial charge in [-0.15, -0.1) is 0 Å². The van der Waals surface area contributed by atoms with Gasteiger partial charge < -0.3 is 15.5 Å². The first-order chi connectivity index (χ1) is 11.5. The van der Waals surface area contributed by atoms with E-state index in [0.29, 0.717) is 24.6 Å². The van der Waals surface area contributed by atoms with Crippen LogP contribution >= 0.6 is 0 Å². The second-order valence-electron chi connectivity index (χ2n) is 6.42. The number of hydrogen-bond acceptors (Lipinski definition) is 5. The standard InChI is InChI=1S/C16H21N5O3/c1-10(22)20-4-5-21(9-13(8-20)14(17)23)16(24)12-6-18-15(19-7-12)11-2-3-11/h6-7,11,13H,2-5,8-9H2,1H3,(H2,17,23)/t13-/m0/s1. The van der Waals surface area contributed by atoms with Crippen LogP contribution in [0.15, 0.2) is 12.4 Å². The van der Waals surface area contributed by atoms with Gasteiger partial charge in [0.2, 0.25) is 11.8 Å². The van der Waals surface area contributed by atoms with E-state index < -0.39 is 11.8 Å². The Morgan fingerprint density at radius 1 is 1.08 bits per heavy atom. The van der Waals surface area contributed by atoms with Crippen molar-refractivity contribution in [2.45, 2.75) is 25.7 Å². The SMILES string of the molecule is CC(=O)N1CCN(C(=O)c2cnc(C3CC3)nc2)C[C@@H](C(N)=O)C1. The summed E-state index contributed by atoms with van der Waals surface area (Å²) in [7, 11) is 0. The highest BCUT2D eigenvalue weighted by Crippen LogP contribution is 2.37. The minimum atomic E-state index is -0.577. The molecule has 3 rings (SSSR count). The highest BCUT2D eigenvalue weighted by Gasteiger charge is 2.31. The van der Waals surface area contributed by atoms with Gasteiger partial charge in [0.05, 0.1) is 11.5 Å². The topological polar surface area (TPSA) is 109 Å². The fourth-order valence-corrected chi connectivity index (χ4v) is 2.85. The number of primary amides is 1. The first kappa shape index (κ1) is 16.4. The van der Waals surface area contributed by atoms with E-state index in [-0.39, 0.29) is 24.9 Å². The lowest BCUT2D eigenvalue weighted by atomic mass is 10.1. The molecular formula is C16H21N5O3. The Labute approximate surface area is 140 Å². The van der Waals surface area contributed by atoms with E-state index in [9.17, 15) is 14.4 Å². The third kappa shape index (κ3) is 3.52. The molecular weight excluding hydrogens is 310 g/mol. The number of aromatic nitrogens is 2. The molecule has 3 amide bonds. The van der Waals surface area contributed by atoms with E-state index in [1.165, 1.54) is 19.3 Å². The van der Waals surface area contributed by atoms with Crippen LogP contribution in [0, 0.1) is 5.92 Å². The Morgan fingerprint density at radius 3 is 2.21 bits per heavy atom. The van der Waals surface area contributed by atoms with Crippen molar-refractivity contribution in [1.82, 2.24) is 19.8 Å². The molecule has 2 aliphatic rings. The summed E-state index contributed by atoms with van der Waals surface area (Å²) in [5.74, 6) is -0.258. The lowest BCUT2D eigenvalue weighted by Gasteiger charge is -2.22. The third-order valence-corrected chi connectivity index (χ3v) is 4.52. The Balaban J connectivity index is 1.74. The molecule has 2 N–H and O–H groups in total. The van der Waals surface area contributed by atoms with Crippen LogP contribution in [-0.2, 0) is 9.59 Å². The van der Waals surface area contributed by atoms with Gasteiger partial charge in [0.1, 0.15) is 5.82 Å². The van der Waals surface area contributed by atoms with Crippen molar-refractivity contribution in [3.63, 3.8) is 0 Å². The van der Waals surface area contributed by atoms with Gasteiger partial charge in [-0.05, 0) is 12.8 Å². The molecule has 1 saturated carbocycles. The minimum Gasteiger partial charge on any atom is -0.369 e. The number of amides is 3. The Bertz CT molecular complexity index is 656. The molecule has 0 aromatic carbocycles. The molecule has 1 aliphatic carbocycles. The van der Waals surface area contributed by atoms with Gasteiger partial charge in [-0.1, -0.05) is 0 Å². The number of carbonyl (C=O) groups is 3. The van der Waals surface area contributed by atoms with E-state index in [1.807, 2.05) is 0 Å². The van der Waals surface area contributed by atoms with Crippen molar-refractivity contribution in [2.75, 3.05) is 26.2 Å². The molecule has 0 spiro atoms. The predicted octanol–water partition coefficient (Wildman–Crippen LogP) is -0.240. The molecule has 1 atom stereocenters. The average Bonchev–Trinajstić information content (AvgIpc) is 3.40. The first-order valence-electron chi connectivity index (χ1n) is 8.11. The summed E-state index contributed by atoms with van der Waals surface area (Å²) in [4.78, 5) is 47.6. The molecule has 2 heterocycles. The molecule has 8 heteroatoms. The van der Waals surface area contributed by atoms with Crippen LogP contribution in [0.2, 0.25) is 0 Å². The van der Waals surface area contributed by atoms with Crippen molar-refractivity contribution in [1.29, 1.82) is 0 Å². The van der Waals surface area contributed by atoms with E-state index in [4.69, 9.17) is 5.73 Å². The summed E-state index contributed by atoms with van der Waals surface area (Å²) in [6.45, 7) is 2.62. The van der Waals surface area contributed by atoms with Crippen LogP contribution in [0.1, 0.15) is 41.9 Å². The minimum absolute atomic E-state index is 0.132. The summed E-state index contributed by atoms with van der Waals surface area (Å²) in [6, 6.07) is 0. The van der Waals surface area contributed by atoms with E-state index in [1.54, 1.807) is 9.80 Å². The van der Waals surface area contributed by atoms with Crippen LogP contribution < -0.4 is 5.73 Å². The summed E-state index contributed by atoms with van der Waals surface area (Å²) >= 11 is 0. The van der Waals surface area contributed by atoms with Crippen LogP contribution in [-0.4, -0.2) is 63.7 Å². The van der Waals surface area contributed by atoms with Crippen molar-refractivity contribution in [3.05, 3.63) is 23.8 Å². The van der Waals surface area contributed by atoms with Gasteiger partial charge in [-0.2, -0.15) is 0 Å². The summed E-state index contributed by atoms with van der Waals surface area (Å²) in [6.07, 6.45) is 5.27. The van der Waals surface area contributed by atoms with Crippen LogP contribution in [0.5, 0.6) is 0 Å². The molecule has 1 aromatic heterocycles. The molecule has 0 radical (unpaired) electrons. The number of hydrogen-bond donors (Lipinski definition) is 1. The highest BCUT2D eigenvalue weighted by molar-refractivity contribution is 5.94. The summed E-state index contributed by atoms with van der Waals surface area (Å²) in [5, 5.41) is 0. The summed E-state index contributed by atoms with van der Waals surface area (Å²) in [5.41, 5.74) is 5.81. The zero-order chi connectivity index (χ0) is 17.3. The molecule has 1 aliphatic heterocycles. The van der Waals surface area contributed by atoms with Gasteiger partial charge in [-0.25, -0.2) is 9.97 Å². The average molecular weight is 331 g/mol. The molecule has 2 fully saturated rings. The third-order valence-electron chi connectivity index (χ3n) is 4.52. The number of nitrogens with two attached hydrogens (primary N) is 1. The fourth-order valence-electron chi connectivity index (χ4n) is 2.85. The van der Waals surface area contributed by atoms with E-state index >= 15 is 0 Å². The maximum atomic E-state index is 12.7. The van der Waals surface area contributed by atoms with Crippen molar-refractivity contribution in [3.8, 4) is 0 Å². The van der Waals surface area contributed by atoms with Gasteiger partial charge >= 0.3 is 0 Å². The Morgan fingerprint density at radius 2 is 1.67 bits per heavy atom. The second kappa shape index (κ2) is 6.54. The molecule has 0 bridgehead atoms. The normalized spacial score (nSPS) is 21.3. The van der Waals surface area contributed by atoms with Crippen LogP contribution in [0.3, 0.4) is 0 Å². The number of nitrogens with zero attached hydrogens (tertiary/aromatic N) is 4. The zero-order valence-corrected chi connectivity index (χ0v) is 13.6. The lowest BCUT2D eigenvalue weighted by molar-refractivity contribution is -0.130. The molecule has 0 unspecified atom stereocenters. The highest BCUT2D eigenvalue weighted by atomic mass is 16.2. The molecule has 128 valence electrons. The lowest BCUT2D eigenvalue weighted by Crippen LogP contribution is -2.41. The largest absolute Gasteiger partial charge is 0.369 e. The van der Waals surface area contributed by atoms with Gasteiger partial charge in [0.25, 0.3) is 5.91 Å². The Kier molecular flexibility index (Phi) is 4.46. The van der Waals surface area contributed by atoms with Crippen molar-refractivity contribution in [2.24, 2.45) is 11.7 Å². The number of rotatable bonds is 3. The predicted molar refractivity (Wildman–Crippen MR) is 84.8 cm³/mol. The zero-order valence-electron chi connectivity index (χ0n) is 13.6. The van der Waals surface area contributed by atoms with Crippen LogP contribution in [0.25, 0.3) is 0 Å². The molecule has 8 nitrogen and oxygen atoms in total. The maximum absolute atomic E-state index is 12.7. The van der Waals surface area contributed by atoms with Crippen molar-refractivity contribution < 1.29 is 14.4 Å². The summed E-state index contributed by atoms with van der Waals surface area (Å²) < 4.78 is 0. The molecule has 1 aromatic rings. The van der Waals surface area contributed by atoms with E-state index in [0.717, 1.165) is 18.7 Å². The fraction of sp³-hybridized carbons (Fsp3) is 0.562. The van der Waals surface area contributed by atoms with Crippen LogP contribution in [0.4, 0.5) is 0 Å². The quantitative estimate of drug-likeness (QED) is 0.822. The maximum Gasteiger partial charge on any atom is 0.257 e. The van der Waals surface area contributed by atoms with Crippen molar-refractivity contribution >= 4 is 17.7 Å². The second-order valence-corrected chi connectivity index (χ2v) is 6.42. The monoisotopic (exact) mass is 331 g/mol. The molecule has 1 saturated heterocycles. The van der Waals surface area contributed by atoms with E-state index in [2.05, 4.69) is 9.97 Å².